The molecule has 0 aromatic heterocycles. The fourth-order valence-electron chi connectivity index (χ4n) is 5.04. The molecule has 1 amide bonds. The lowest BCUT2D eigenvalue weighted by Crippen LogP contribution is -2.45. The van der Waals surface area contributed by atoms with Crippen LogP contribution in [-0.4, -0.2) is 73.4 Å². The zero-order valence-corrected chi connectivity index (χ0v) is 30.3. The maximum Gasteiger partial charge on any atom is 0.472 e. The van der Waals surface area contributed by atoms with Crippen LogP contribution in [0.2, 0.25) is 0 Å². The molecule has 0 aromatic rings. The van der Waals surface area contributed by atoms with Crippen LogP contribution in [-0.2, 0) is 18.4 Å². The SMILES string of the molecule is CCCCCCCCCCCCCC/C=C/[C@@H](O)[C@H](COP(=O)(O)OCC[N+](C)(C)C)NC(=O)CCCCCCCCCC. The fourth-order valence-corrected chi connectivity index (χ4v) is 5.77. The molecule has 3 atom stereocenters. The van der Waals surface area contributed by atoms with Gasteiger partial charge < -0.3 is 19.8 Å². The van der Waals surface area contributed by atoms with Gasteiger partial charge in [0.2, 0.25) is 5.91 Å². The highest BCUT2D eigenvalue weighted by molar-refractivity contribution is 7.47. The number of phosphoric acid groups is 1. The normalized spacial score (nSPS) is 15.0. The molecule has 0 aliphatic rings. The zero-order chi connectivity index (χ0) is 32.9. The van der Waals surface area contributed by atoms with E-state index in [1.54, 1.807) is 6.08 Å². The zero-order valence-electron chi connectivity index (χ0n) is 29.4. The van der Waals surface area contributed by atoms with Gasteiger partial charge in [-0.25, -0.2) is 4.57 Å². The van der Waals surface area contributed by atoms with E-state index in [1.165, 1.54) is 96.3 Å². The molecule has 0 aromatic carbocycles. The number of phosphoric ester groups is 1. The van der Waals surface area contributed by atoms with Gasteiger partial charge in [0, 0.05) is 6.42 Å². The highest BCUT2D eigenvalue weighted by Crippen LogP contribution is 2.43. The summed E-state index contributed by atoms with van der Waals surface area (Å²) in [5, 5.41) is 13.7. The minimum absolute atomic E-state index is 0.0637. The number of quaternary nitrogens is 1. The molecule has 0 radical (unpaired) electrons. The second kappa shape index (κ2) is 28.5. The first-order chi connectivity index (χ1) is 21.0. The second-order valence-electron chi connectivity index (χ2n) is 13.6. The molecule has 8 nitrogen and oxygen atoms in total. The molecule has 262 valence electrons. The van der Waals surface area contributed by atoms with Gasteiger partial charge in [0.1, 0.15) is 13.2 Å². The summed E-state index contributed by atoms with van der Waals surface area (Å²) in [5.41, 5.74) is 0. The summed E-state index contributed by atoms with van der Waals surface area (Å²) in [6.07, 6.45) is 28.5. The third-order valence-electron chi connectivity index (χ3n) is 8.01. The van der Waals surface area contributed by atoms with Gasteiger partial charge >= 0.3 is 7.82 Å². The number of nitrogens with zero attached hydrogens (tertiary/aromatic N) is 1. The van der Waals surface area contributed by atoms with Gasteiger partial charge in [-0.05, 0) is 19.3 Å². The maximum absolute atomic E-state index is 12.7. The third kappa shape index (κ3) is 29.9. The summed E-state index contributed by atoms with van der Waals surface area (Å²) in [7, 11) is 1.57. The minimum atomic E-state index is -4.32. The van der Waals surface area contributed by atoms with Gasteiger partial charge in [-0.3, -0.25) is 13.8 Å². The molecule has 44 heavy (non-hydrogen) atoms. The number of hydrogen-bond donors (Lipinski definition) is 3. The molecule has 0 aliphatic carbocycles. The summed E-state index contributed by atoms with van der Waals surface area (Å²) in [4.78, 5) is 22.8. The molecule has 0 rings (SSSR count). The van der Waals surface area contributed by atoms with Gasteiger partial charge in [0.25, 0.3) is 0 Å². The highest BCUT2D eigenvalue weighted by Gasteiger charge is 2.27. The van der Waals surface area contributed by atoms with Crippen LogP contribution in [0.5, 0.6) is 0 Å². The number of rotatable bonds is 32. The van der Waals surface area contributed by atoms with Crippen molar-refractivity contribution in [3.8, 4) is 0 Å². The van der Waals surface area contributed by atoms with E-state index >= 15 is 0 Å². The Morgan fingerprint density at radius 3 is 1.68 bits per heavy atom. The molecule has 0 saturated heterocycles. The van der Waals surface area contributed by atoms with Crippen LogP contribution in [0.1, 0.15) is 155 Å². The maximum atomic E-state index is 12.7. The molecule has 0 saturated carbocycles. The van der Waals surface area contributed by atoms with Gasteiger partial charge in [0.15, 0.2) is 0 Å². The predicted octanol–water partition coefficient (Wildman–Crippen LogP) is 8.85. The van der Waals surface area contributed by atoms with E-state index in [0.29, 0.717) is 17.4 Å². The average Bonchev–Trinajstić information content (AvgIpc) is 2.95. The third-order valence-corrected chi connectivity index (χ3v) is 8.99. The molecule has 9 heteroatoms. The van der Waals surface area contributed by atoms with Crippen molar-refractivity contribution >= 4 is 13.7 Å². The largest absolute Gasteiger partial charge is 0.472 e. The van der Waals surface area contributed by atoms with E-state index < -0.39 is 20.0 Å². The molecular formula is C35H72N2O6P+. The van der Waals surface area contributed by atoms with Gasteiger partial charge in [0.05, 0.1) is 39.9 Å². The average molecular weight is 648 g/mol. The number of aliphatic hydroxyl groups is 1. The molecule has 0 heterocycles. The van der Waals surface area contributed by atoms with Gasteiger partial charge in [-0.15, -0.1) is 0 Å². The Morgan fingerprint density at radius 1 is 0.750 bits per heavy atom. The predicted molar refractivity (Wildman–Crippen MR) is 185 cm³/mol. The van der Waals surface area contributed by atoms with E-state index in [-0.39, 0.29) is 19.1 Å². The van der Waals surface area contributed by atoms with Crippen molar-refractivity contribution in [3.63, 3.8) is 0 Å². The number of carbonyl (C=O) groups excluding carboxylic acids is 1. The standard InChI is InChI=1S/C35H71N2O6P/c1-6-8-10-12-14-16-17-18-19-20-21-22-24-26-28-34(38)33(32-43-44(40,41)42-31-30-37(3,4)5)36-35(39)29-27-25-23-15-13-11-9-7-2/h26,28,33-34,38H,6-25,27,29-32H2,1-5H3,(H-,36,39,40,41)/p+1/b28-26+/t33-,34+/m0/s1. The second-order valence-corrected chi connectivity index (χ2v) is 15.1. The molecule has 0 fully saturated rings. The summed E-state index contributed by atoms with van der Waals surface area (Å²) in [6, 6.07) is -0.836. The van der Waals surface area contributed by atoms with Crippen LogP contribution in [0.15, 0.2) is 12.2 Å². The van der Waals surface area contributed by atoms with Crippen molar-refractivity contribution in [1.82, 2.24) is 5.32 Å². The van der Waals surface area contributed by atoms with Crippen LogP contribution in [0.3, 0.4) is 0 Å². The molecule has 0 aliphatic heterocycles. The van der Waals surface area contributed by atoms with Crippen molar-refractivity contribution in [3.05, 3.63) is 12.2 Å². The Morgan fingerprint density at radius 2 is 1.20 bits per heavy atom. The number of unbranched alkanes of at least 4 members (excludes halogenated alkanes) is 19. The monoisotopic (exact) mass is 648 g/mol. The lowest BCUT2D eigenvalue weighted by Gasteiger charge is -2.25. The summed E-state index contributed by atoms with van der Waals surface area (Å²) in [6.45, 7) is 4.76. The summed E-state index contributed by atoms with van der Waals surface area (Å²) >= 11 is 0. The number of amides is 1. The lowest BCUT2D eigenvalue weighted by molar-refractivity contribution is -0.870. The summed E-state index contributed by atoms with van der Waals surface area (Å²) < 4.78 is 23.4. The van der Waals surface area contributed by atoms with Crippen LogP contribution in [0.4, 0.5) is 0 Å². The number of allylic oxidation sites excluding steroid dienone is 1. The Labute approximate surface area is 272 Å². The van der Waals surface area contributed by atoms with Crippen molar-refractivity contribution in [1.29, 1.82) is 0 Å². The van der Waals surface area contributed by atoms with Crippen molar-refractivity contribution in [2.75, 3.05) is 40.9 Å². The lowest BCUT2D eigenvalue weighted by atomic mass is 10.0. The summed E-state index contributed by atoms with van der Waals surface area (Å²) in [5.74, 6) is -0.184. The Balaban J connectivity index is 4.55. The Bertz CT molecular complexity index is 743. The quantitative estimate of drug-likeness (QED) is 0.0292. The van der Waals surface area contributed by atoms with Crippen LogP contribution in [0, 0.1) is 0 Å². The first-order valence-electron chi connectivity index (χ1n) is 18.1. The Kier molecular flexibility index (Phi) is 28.0. The molecular weight excluding hydrogens is 575 g/mol. The number of likely N-dealkylation sites (N-methyl/N-ethyl adjacent to an activating group) is 1. The number of aliphatic hydroxyl groups excluding tert-OH is 1. The molecule has 3 N–H and O–H groups in total. The molecule has 0 bridgehead atoms. The first kappa shape index (κ1) is 43.2. The van der Waals surface area contributed by atoms with E-state index in [1.807, 2.05) is 27.2 Å². The fraction of sp³-hybridized carbons (Fsp3) is 0.914. The first-order valence-corrected chi connectivity index (χ1v) is 19.6. The van der Waals surface area contributed by atoms with Crippen molar-refractivity contribution < 1.29 is 32.9 Å². The molecule has 0 spiro atoms. The van der Waals surface area contributed by atoms with E-state index in [0.717, 1.165) is 38.5 Å². The van der Waals surface area contributed by atoms with Crippen molar-refractivity contribution in [2.45, 2.75) is 167 Å². The van der Waals surface area contributed by atoms with Gasteiger partial charge in [-0.1, -0.05) is 142 Å². The van der Waals surface area contributed by atoms with Gasteiger partial charge in [-0.2, -0.15) is 0 Å². The highest BCUT2D eigenvalue weighted by atomic mass is 31.2. The Hall–Kier alpha value is -0.760. The van der Waals surface area contributed by atoms with E-state index in [9.17, 15) is 19.4 Å². The number of hydrogen-bond acceptors (Lipinski definition) is 5. The topological polar surface area (TPSA) is 105 Å². The van der Waals surface area contributed by atoms with Crippen molar-refractivity contribution in [2.24, 2.45) is 0 Å². The van der Waals surface area contributed by atoms with Crippen LogP contribution < -0.4 is 5.32 Å². The van der Waals surface area contributed by atoms with Crippen LogP contribution >= 0.6 is 7.82 Å². The number of carbonyl (C=O) groups is 1. The van der Waals surface area contributed by atoms with E-state index in [2.05, 4.69) is 19.2 Å². The van der Waals surface area contributed by atoms with Crippen LogP contribution in [0.25, 0.3) is 0 Å². The minimum Gasteiger partial charge on any atom is -0.387 e. The smallest absolute Gasteiger partial charge is 0.387 e. The van der Waals surface area contributed by atoms with E-state index in [4.69, 9.17) is 9.05 Å². The molecule has 1 unspecified atom stereocenters. The number of nitrogens with one attached hydrogen (secondary N) is 1.